The van der Waals surface area contributed by atoms with Crippen molar-refractivity contribution < 1.29 is 28.2 Å². The zero-order valence-corrected chi connectivity index (χ0v) is 23.0. The molecule has 0 unspecified atom stereocenters. The standard InChI is InChI=1S/C30H29ClF2N4O4/c1-19(30(39,16-37-18-34-17-35-37)26-11-8-24(32)13-27(26)33)12-20-14-40-29(41-15-20)22-4-2-21(3-5-22)28(38)36-25-9-6-23(31)7-10-25/h2-11,13,17-20,29,39H,12,14-16H2,1H3,(H,36,38)/t19-,20?,29?,30+/m0/s1. The zero-order chi connectivity index (χ0) is 29.0. The second-order valence-electron chi connectivity index (χ2n) is 10.2. The van der Waals surface area contributed by atoms with E-state index in [-0.39, 0.29) is 23.9 Å². The summed E-state index contributed by atoms with van der Waals surface area (Å²) in [5.41, 5.74) is 0.169. The second-order valence-corrected chi connectivity index (χ2v) is 10.7. The molecule has 2 atom stereocenters. The molecular weight excluding hydrogens is 554 g/mol. The monoisotopic (exact) mass is 582 g/mol. The van der Waals surface area contributed by atoms with E-state index >= 15 is 0 Å². The third-order valence-electron chi connectivity index (χ3n) is 7.28. The Hall–Kier alpha value is -3.70. The van der Waals surface area contributed by atoms with Gasteiger partial charge in [0.25, 0.3) is 5.91 Å². The van der Waals surface area contributed by atoms with Crippen LogP contribution in [0.15, 0.2) is 79.4 Å². The average Bonchev–Trinajstić information content (AvgIpc) is 3.47. The smallest absolute Gasteiger partial charge is 0.255 e. The van der Waals surface area contributed by atoms with Crippen LogP contribution >= 0.6 is 11.6 Å². The van der Waals surface area contributed by atoms with Crippen LogP contribution in [-0.4, -0.2) is 39.0 Å². The van der Waals surface area contributed by atoms with Crippen molar-refractivity contribution in [3.63, 3.8) is 0 Å². The highest BCUT2D eigenvalue weighted by molar-refractivity contribution is 6.30. The zero-order valence-electron chi connectivity index (χ0n) is 22.2. The Morgan fingerprint density at radius 3 is 2.46 bits per heavy atom. The quantitative estimate of drug-likeness (QED) is 0.261. The number of hydrogen-bond acceptors (Lipinski definition) is 6. The first-order chi connectivity index (χ1) is 19.7. The maximum atomic E-state index is 14.8. The highest BCUT2D eigenvalue weighted by atomic mass is 35.5. The molecule has 41 heavy (non-hydrogen) atoms. The van der Waals surface area contributed by atoms with Crippen molar-refractivity contribution in [2.75, 3.05) is 18.5 Å². The number of rotatable bonds is 9. The van der Waals surface area contributed by atoms with E-state index in [9.17, 15) is 18.7 Å². The lowest BCUT2D eigenvalue weighted by molar-refractivity contribution is -0.210. The summed E-state index contributed by atoms with van der Waals surface area (Å²) in [5, 5.41) is 19.2. The van der Waals surface area contributed by atoms with E-state index in [1.807, 2.05) is 0 Å². The molecule has 0 spiro atoms. The average molecular weight is 583 g/mol. The molecule has 0 radical (unpaired) electrons. The largest absolute Gasteiger partial charge is 0.383 e. The molecule has 214 valence electrons. The summed E-state index contributed by atoms with van der Waals surface area (Å²) in [4.78, 5) is 16.5. The van der Waals surface area contributed by atoms with Gasteiger partial charge < -0.3 is 19.9 Å². The summed E-state index contributed by atoms with van der Waals surface area (Å²) in [6, 6.07) is 16.9. The highest BCUT2D eigenvalue weighted by Gasteiger charge is 2.40. The fourth-order valence-electron chi connectivity index (χ4n) is 5.00. The fourth-order valence-corrected chi connectivity index (χ4v) is 5.13. The van der Waals surface area contributed by atoms with Crippen LogP contribution in [0.4, 0.5) is 14.5 Å². The van der Waals surface area contributed by atoms with Gasteiger partial charge in [0.2, 0.25) is 0 Å². The molecule has 1 saturated heterocycles. The predicted molar refractivity (Wildman–Crippen MR) is 148 cm³/mol. The van der Waals surface area contributed by atoms with Crippen LogP contribution in [0.5, 0.6) is 0 Å². The molecule has 1 aromatic heterocycles. The highest BCUT2D eigenvalue weighted by Crippen LogP contribution is 2.38. The van der Waals surface area contributed by atoms with Gasteiger partial charge in [0.1, 0.15) is 29.9 Å². The van der Waals surface area contributed by atoms with Gasteiger partial charge in [0.05, 0.1) is 19.8 Å². The van der Waals surface area contributed by atoms with E-state index in [1.165, 1.54) is 23.4 Å². The maximum absolute atomic E-state index is 14.8. The van der Waals surface area contributed by atoms with Gasteiger partial charge in [-0.1, -0.05) is 36.7 Å². The lowest BCUT2D eigenvalue weighted by atomic mass is 9.77. The van der Waals surface area contributed by atoms with Crippen LogP contribution in [-0.2, 0) is 21.6 Å². The number of nitrogens with one attached hydrogen (secondary N) is 1. The number of anilines is 1. The van der Waals surface area contributed by atoms with Gasteiger partial charge in [0, 0.05) is 39.4 Å². The summed E-state index contributed by atoms with van der Waals surface area (Å²) in [7, 11) is 0. The van der Waals surface area contributed by atoms with Crippen molar-refractivity contribution in [3.8, 4) is 0 Å². The molecule has 3 aromatic carbocycles. The Balaban J connectivity index is 1.20. The van der Waals surface area contributed by atoms with E-state index in [0.29, 0.717) is 35.9 Å². The molecule has 1 fully saturated rings. The summed E-state index contributed by atoms with van der Waals surface area (Å²) in [6.07, 6.45) is 2.59. The SMILES string of the molecule is C[C@@H](CC1COC(c2ccc(C(=O)Nc3ccc(Cl)cc3)cc2)OC1)[C@](O)(Cn1cncn1)c1ccc(F)cc1F. The number of hydrogen-bond donors (Lipinski definition) is 2. The predicted octanol–water partition coefficient (Wildman–Crippen LogP) is 5.74. The van der Waals surface area contributed by atoms with E-state index < -0.39 is 29.4 Å². The number of ether oxygens (including phenoxy) is 2. The van der Waals surface area contributed by atoms with Gasteiger partial charge in [-0.25, -0.2) is 18.4 Å². The van der Waals surface area contributed by atoms with Crippen LogP contribution in [0.25, 0.3) is 0 Å². The topological polar surface area (TPSA) is 98.5 Å². The molecule has 2 heterocycles. The number of nitrogens with zero attached hydrogens (tertiary/aromatic N) is 3. The van der Waals surface area contributed by atoms with Gasteiger partial charge in [-0.2, -0.15) is 5.10 Å². The Bertz CT molecular complexity index is 1460. The number of aliphatic hydroxyl groups is 1. The first-order valence-corrected chi connectivity index (χ1v) is 13.5. The molecule has 1 amide bonds. The van der Waals surface area contributed by atoms with Crippen LogP contribution in [0.2, 0.25) is 5.02 Å². The third-order valence-corrected chi connectivity index (χ3v) is 7.54. The normalized spacial score (nSPS) is 19.3. The molecule has 0 saturated carbocycles. The first kappa shape index (κ1) is 28.8. The van der Waals surface area contributed by atoms with Crippen LogP contribution in [0.1, 0.15) is 41.1 Å². The Morgan fingerprint density at radius 2 is 1.83 bits per heavy atom. The van der Waals surface area contributed by atoms with Crippen LogP contribution in [0.3, 0.4) is 0 Å². The Labute approximate surface area is 240 Å². The van der Waals surface area contributed by atoms with Gasteiger partial charge >= 0.3 is 0 Å². The van der Waals surface area contributed by atoms with Gasteiger partial charge in [-0.3, -0.25) is 4.79 Å². The lowest BCUT2D eigenvalue weighted by Crippen LogP contribution is -2.41. The molecule has 1 aliphatic rings. The molecule has 8 nitrogen and oxygen atoms in total. The number of carbonyl (C=O) groups is 1. The molecule has 4 aromatic rings. The van der Waals surface area contributed by atoms with Crippen molar-refractivity contribution in [3.05, 3.63) is 113 Å². The van der Waals surface area contributed by atoms with E-state index in [1.54, 1.807) is 55.5 Å². The number of halogens is 3. The van der Waals surface area contributed by atoms with Gasteiger partial charge in [-0.05, 0) is 54.8 Å². The third kappa shape index (κ3) is 6.79. The summed E-state index contributed by atoms with van der Waals surface area (Å²) in [6.45, 7) is 2.43. The fraction of sp³-hybridized carbons (Fsp3) is 0.300. The van der Waals surface area contributed by atoms with Gasteiger partial charge in [0.15, 0.2) is 6.29 Å². The second kappa shape index (κ2) is 12.4. The maximum Gasteiger partial charge on any atom is 0.255 e. The minimum atomic E-state index is -1.69. The van der Waals surface area contributed by atoms with E-state index in [4.69, 9.17) is 21.1 Å². The molecule has 11 heteroatoms. The Kier molecular flexibility index (Phi) is 8.74. The van der Waals surface area contributed by atoms with Crippen molar-refractivity contribution in [2.24, 2.45) is 11.8 Å². The Morgan fingerprint density at radius 1 is 1.12 bits per heavy atom. The number of amides is 1. The number of benzene rings is 3. The van der Waals surface area contributed by atoms with Crippen molar-refractivity contribution >= 4 is 23.2 Å². The van der Waals surface area contributed by atoms with Crippen LogP contribution in [0, 0.1) is 23.5 Å². The van der Waals surface area contributed by atoms with Crippen molar-refractivity contribution in [1.82, 2.24) is 14.8 Å². The molecule has 2 N–H and O–H groups in total. The first-order valence-electron chi connectivity index (χ1n) is 13.1. The summed E-state index contributed by atoms with van der Waals surface area (Å²) < 4.78 is 41.8. The lowest BCUT2D eigenvalue weighted by Gasteiger charge is -2.38. The molecule has 0 aliphatic carbocycles. The van der Waals surface area contributed by atoms with Crippen molar-refractivity contribution in [2.45, 2.75) is 31.8 Å². The van der Waals surface area contributed by atoms with Crippen LogP contribution < -0.4 is 5.32 Å². The molecule has 5 rings (SSSR count). The van der Waals surface area contributed by atoms with E-state index in [2.05, 4.69) is 15.4 Å². The minimum Gasteiger partial charge on any atom is -0.383 e. The number of aromatic nitrogens is 3. The summed E-state index contributed by atoms with van der Waals surface area (Å²) >= 11 is 5.89. The van der Waals surface area contributed by atoms with Gasteiger partial charge in [-0.15, -0.1) is 0 Å². The summed E-state index contributed by atoms with van der Waals surface area (Å²) in [5.74, 6) is -2.37. The molecular formula is C30H29ClF2N4O4. The van der Waals surface area contributed by atoms with E-state index in [0.717, 1.165) is 17.7 Å². The number of carbonyl (C=O) groups excluding carboxylic acids is 1. The molecule has 1 aliphatic heterocycles. The van der Waals surface area contributed by atoms with Crippen molar-refractivity contribution in [1.29, 1.82) is 0 Å². The molecule has 0 bridgehead atoms. The minimum absolute atomic E-state index is 0.0161.